The van der Waals surface area contributed by atoms with Gasteiger partial charge in [0, 0.05) is 15.9 Å². The Balaban J connectivity index is 1.53. The highest BCUT2D eigenvalue weighted by Crippen LogP contribution is 2.23. The summed E-state index contributed by atoms with van der Waals surface area (Å²) in [6.07, 6.45) is 0. The molecule has 1 aromatic carbocycles. The molecule has 0 aliphatic rings. The summed E-state index contributed by atoms with van der Waals surface area (Å²) in [6.45, 7) is 6.04. The fourth-order valence-corrected chi connectivity index (χ4v) is 3.95. The summed E-state index contributed by atoms with van der Waals surface area (Å²) in [4.78, 5) is 30.4. The maximum atomic E-state index is 12.4. The molecular weight excluding hydrogens is 392 g/mol. The molecule has 3 rings (SSSR count). The van der Waals surface area contributed by atoms with E-state index < -0.39 is 5.41 Å². The molecule has 0 atom stereocenters. The van der Waals surface area contributed by atoms with Crippen molar-refractivity contribution < 1.29 is 9.59 Å². The first-order valence-corrected chi connectivity index (χ1v) is 10.6. The van der Waals surface area contributed by atoms with Crippen molar-refractivity contribution in [3.05, 3.63) is 52.2 Å². The quantitative estimate of drug-likeness (QED) is 0.447. The van der Waals surface area contributed by atoms with Gasteiger partial charge in [0.05, 0.1) is 17.2 Å². The number of carbonyl (C=O) groups is 2. The fraction of sp³-hybridized carbons (Fsp3) is 0.300. The van der Waals surface area contributed by atoms with E-state index in [-0.39, 0.29) is 17.4 Å². The number of nitrogens with zero attached hydrogens (tertiary/aromatic N) is 2. The van der Waals surface area contributed by atoms with Gasteiger partial charge in [-0.25, -0.2) is 4.98 Å². The SMILES string of the molecule is CC(C)(C)C(=O)NCc1ccc(C(=O)CSc2n[nH]c(-c3ccccc3)n2)s1. The summed E-state index contributed by atoms with van der Waals surface area (Å²) in [5.74, 6) is 0.960. The van der Waals surface area contributed by atoms with Gasteiger partial charge >= 0.3 is 0 Å². The second-order valence-electron chi connectivity index (χ2n) is 7.24. The van der Waals surface area contributed by atoms with E-state index in [0.29, 0.717) is 22.4 Å². The monoisotopic (exact) mass is 414 g/mol. The van der Waals surface area contributed by atoms with Gasteiger partial charge in [0.15, 0.2) is 11.6 Å². The number of aromatic nitrogens is 3. The van der Waals surface area contributed by atoms with Gasteiger partial charge in [-0.3, -0.25) is 14.7 Å². The van der Waals surface area contributed by atoms with E-state index in [1.54, 1.807) is 6.07 Å². The van der Waals surface area contributed by atoms with E-state index in [4.69, 9.17) is 0 Å². The maximum Gasteiger partial charge on any atom is 0.225 e. The topological polar surface area (TPSA) is 87.7 Å². The van der Waals surface area contributed by atoms with Crippen LogP contribution in [0.2, 0.25) is 0 Å². The Kier molecular flexibility index (Phi) is 6.31. The minimum absolute atomic E-state index is 0.0110. The van der Waals surface area contributed by atoms with Gasteiger partial charge in [-0.15, -0.1) is 16.4 Å². The van der Waals surface area contributed by atoms with Crippen molar-refractivity contribution in [1.82, 2.24) is 20.5 Å². The smallest absolute Gasteiger partial charge is 0.225 e. The van der Waals surface area contributed by atoms with Crippen LogP contribution in [0, 0.1) is 5.41 Å². The normalized spacial score (nSPS) is 11.4. The van der Waals surface area contributed by atoms with E-state index in [9.17, 15) is 9.59 Å². The second-order valence-corrected chi connectivity index (χ2v) is 9.35. The Hall–Kier alpha value is -2.45. The lowest BCUT2D eigenvalue weighted by molar-refractivity contribution is -0.128. The zero-order valence-corrected chi connectivity index (χ0v) is 17.6. The van der Waals surface area contributed by atoms with Crippen molar-refractivity contribution in [3.8, 4) is 11.4 Å². The molecule has 0 bridgehead atoms. The van der Waals surface area contributed by atoms with Crippen molar-refractivity contribution in [1.29, 1.82) is 0 Å². The molecule has 0 unspecified atom stereocenters. The van der Waals surface area contributed by atoms with Crippen LogP contribution in [0.25, 0.3) is 11.4 Å². The summed E-state index contributed by atoms with van der Waals surface area (Å²) in [5.41, 5.74) is 0.523. The number of H-pyrrole nitrogens is 1. The molecule has 146 valence electrons. The number of benzene rings is 1. The van der Waals surface area contributed by atoms with Crippen LogP contribution in [-0.4, -0.2) is 32.6 Å². The van der Waals surface area contributed by atoms with Gasteiger partial charge in [0.1, 0.15) is 0 Å². The van der Waals surface area contributed by atoms with Crippen molar-refractivity contribution in [3.63, 3.8) is 0 Å². The third-order valence-corrected chi connectivity index (χ3v) is 5.86. The Morgan fingerprint density at radius 2 is 1.89 bits per heavy atom. The van der Waals surface area contributed by atoms with Crippen LogP contribution in [0.1, 0.15) is 35.3 Å². The highest BCUT2D eigenvalue weighted by Gasteiger charge is 2.21. The molecule has 2 aromatic heterocycles. The first kappa shape index (κ1) is 20.3. The second kappa shape index (κ2) is 8.70. The number of nitrogens with one attached hydrogen (secondary N) is 2. The molecule has 0 saturated heterocycles. The third-order valence-electron chi connectivity index (χ3n) is 3.89. The molecule has 0 aliphatic heterocycles. The van der Waals surface area contributed by atoms with Crippen LogP contribution in [-0.2, 0) is 11.3 Å². The number of rotatable bonds is 7. The molecule has 6 nitrogen and oxygen atoms in total. The van der Waals surface area contributed by atoms with Crippen molar-refractivity contribution in [2.45, 2.75) is 32.5 Å². The zero-order chi connectivity index (χ0) is 20.1. The molecule has 28 heavy (non-hydrogen) atoms. The lowest BCUT2D eigenvalue weighted by Crippen LogP contribution is -2.34. The zero-order valence-electron chi connectivity index (χ0n) is 16.0. The van der Waals surface area contributed by atoms with E-state index in [1.807, 2.05) is 57.2 Å². The summed E-state index contributed by atoms with van der Waals surface area (Å²) in [7, 11) is 0. The van der Waals surface area contributed by atoms with Gasteiger partial charge in [-0.1, -0.05) is 62.9 Å². The standard InChI is InChI=1S/C20H22N4O2S2/c1-20(2,3)18(26)21-11-14-9-10-16(28-14)15(25)12-27-19-22-17(23-24-19)13-7-5-4-6-8-13/h4-10H,11-12H2,1-3H3,(H,21,26)(H,22,23,24). The molecule has 2 heterocycles. The van der Waals surface area contributed by atoms with Crippen LogP contribution in [0.5, 0.6) is 0 Å². The van der Waals surface area contributed by atoms with E-state index in [2.05, 4.69) is 20.5 Å². The number of amides is 1. The van der Waals surface area contributed by atoms with Gasteiger partial charge in [0.2, 0.25) is 11.1 Å². The van der Waals surface area contributed by atoms with Gasteiger partial charge < -0.3 is 5.32 Å². The predicted molar refractivity (Wildman–Crippen MR) is 112 cm³/mol. The highest BCUT2D eigenvalue weighted by atomic mass is 32.2. The molecular formula is C20H22N4O2S2. The molecule has 1 amide bonds. The number of aromatic amines is 1. The Morgan fingerprint density at radius 1 is 1.14 bits per heavy atom. The molecule has 0 fully saturated rings. The number of ketones is 1. The lowest BCUT2D eigenvalue weighted by atomic mass is 9.96. The average molecular weight is 415 g/mol. The van der Waals surface area contributed by atoms with Crippen LogP contribution in [0.4, 0.5) is 0 Å². The summed E-state index contributed by atoms with van der Waals surface area (Å²) < 4.78 is 0. The minimum atomic E-state index is -0.429. The number of hydrogen-bond donors (Lipinski definition) is 2. The average Bonchev–Trinajstić information content (AvgIpc) is 3.34. The van der Waals surface area contributed by atoms with Gasteiger partial charge in [-0.05, 0) is 12.1 Å². The number of thioether (sulfide) groups is 1. The predicted octanol–water partition coefficient (Wildman–Crippen LogP) is 4.17. The maximum absolute atomic E-state index is 12.4. The van der Waals surface area contributed by atoms with Crippen LogP contribution < -0.4 is 5.32 Å². The number of hydrogen-bond acceptors (Lipinski definition) is 6. The first-order chi connectivity index (χ1) is 13.3. The highest BCUT2D eigenvalue weighted by molar-refractivity contribution is 7.99. The summed E-state index contributed by atoms with van der Waals surface area (Å²) >= 11 is 2.71. The summed E-state index contributed by atoms with van der Waals surface area (Å²) in [5, 5.41) is 10.5. The third kappa shape index (κ3) is 5.30. The van der Waals surface area contributed by atoms with Crippen LogP contribution >= 0.6 is 23.1 Å². The molecule has 3 aromatic rings. The van der Waals surface area contributed by atoms with Crippen molar-refractivity contribution in [2.24, 2.45) is 5.41 Å². The largest absolute Gasteiger partial charge is 0.351 e. The van der Waals surface area contributed by atoms with Crippen LogP contribution in [0.15, 0.2) is 47.6 Å². The molecule has 2 N–H and O–H groups in total. The number of Topliss-reactive ketones (excluding diaryl/α,β-unsaturated/α-hetero) is 1. The minimum Gasteiger partial charge on any atom is -0.351 e. The molecule has 0 aliphatic carbocycles. The Morgan fingerprint density at radius 3 is 2.61 bits per heavy atom. The van der Waals surface area contributed by atoms with Crippen LogP contribution in [0.3, 0.4) is 0 Å². The van der Waals surface area contributed by atoms with E-state index in [1.165, 1.54) is 23.1 Å². The summed E-state index contributed by atoms with van der Waals surface area (Å²) in [6, 6.07) is 13.4. The van der Waals surface area contributed by atoms with E-state index in [0.717, 1.165) is 10.4 Å². The first-order valence-electron chi connectivity index (χ1n) is 8.84. The molecule has 0 saturated carbocycles. The molecule has 8 heteroatoms. The molecule has 0 spiro atoms. The van der Waals surface area contributed by atoms with Crippen molar-refractivity contribution >= 4 is 34.8 Å². The van der Waals surface area contributed by atoms with E-state index >= 15 is 0 Å². The number of carbonyl (C=O) groups excluding carboxylic acids is 2. The van der Waals surface area contributed by atoms with Crippen molar-refractivity contribution in [2.75, 3.05) is 5.75 Å². The van der Waals surface area contributed by atoms with Gasteiger partial charge in [0.25, 0.3) is 0 Å². The Bertz CT molecular complexity index is 958. The number of thiophene rings is 1. The van der Waals surface area contributed by atoms with Gasteiger partial charge in [-0.2, -0.15) is 0 Å². The molecule has 0 radical (unpaired) electrons. The Labute approximate surface area is 172 Å². The lowest BCUT2D eigenvalue weighted by Gasteiger charge is -2.17. The fourth-order valence-electron chi connectivity index (χ4n) is 2.29.